The average Bonchev–Trinajstić information content (AvgIpc) is 4.16. The summed E-state index contributed by atoms with van der Waals surface area (Å²) in [6, 6.07) is 0. The monoisotopic (exact) mass is 812 g/mol. The van der Waals surface area contributed by atoms with Crippen molar-refractivity contribution in [3.63, 3.8) is 0 Å². The lowest BCUT2D eigenvalue weighted by molar-refractivity contribution is -0.154. The van der Waals surface area contributed by atoms with E-state index >= 15 is 0 Å². The van der Waals surface area contributed by atoms with Crippen molar-refractivity contribution in [2.45, 2.75) is 118 Å². The zero-order valence-electron chi connectivity index (χ0n) is 32.4. The number of aliphatic hydroxyl groups excluding tert-OH is 1. The van der Waals surface area contributed by atoms with Gasteiger partial charge in [0.2, 0.25) is 0 Å². The SMILES string of the molecule is CCC(COCCOCCOC(=O)C1CC2OC1C1OC21)(COCCOCCOC(=O)C1CC2OC1C1OC21)CC(CO)OCCOC(=O)C1CC2OC1C1OC21. The number of fused-ring (bicyclic) bond motifs is 15. The summed E-state index contributed by atoms with van der Waals surface area (Å²) >= 11 is 0. The van der Waals surface area contributed by atoms with E-state index in [4.69, 9.17) is 66.3 Å². The Morgan fingerprint density at radius 1 is 0.526 bits per heavy atom. The van der Waals surface area contributed by atoms with Crippen molar-refractivity contribution in [2.24, 2.45) is 23.2 Å². The predicted molar refractivity (Wildman–Crippen MR) is 187 cm³/mol. The third-order valence-corrected chi connectivity index (χ3v) is 13.1. The molecule has 6 bridgehead atoms. The van der Waals surface area contributed by atoms with Gasteiger partial charge in [-0.25, -0.2) is 0 Å². The van der Waals surface area contributed by atoms with E-state index in [9.17, 15) is 19.5 Å². The van der Waals surface area contributed by atoms with E-state index in [1.807, 2.05) is 6.92 Å². The van der Waals surface area contributed by atoms with Crippen molar-refractivity contribution >= 4 is 17.9 Å². The second-order valence-electron chi connectivity index (χ2n) is 16.7. The van der Waals surface area contributed by atoms with Gasteiger partial charge in [0.05, 0.1) is 108 Å². The third kappa shape index (κ3) is 8.75. The van der Waals surface area contributed by atoms with Crippen molar-refractivity contribution in [3.8, 4) is 0 Å². The van der Waals surface area contributed by atoms with Gasteiger partial charge in [-0.15, -0.1) is 0 Å². The first-order chi connectivity index (χ1) is 27.9. The Morgan fingerprint density at radius 2 is 0.912 bits per heavy atom. The van der Waals surface area contributed by atoms with Gasteiger partial charge in [0, 0.05) is 5.41 Å². The summed E-state index contributed by atoms with van der Waals surface area (Å²) < 4.78 is 80.0. The molecule has 16 unspecified atom stereocenters. The number of aliphatic hydroxyl groups is 1. The number of carbonyl (C=O) groups is 3. The second kappa shape index (κ2) is 17.5. The Kier molecular flexibility index (Phi) is 12.4. The molecule has 57 heavy (non-hydrogen) atoms. The summed E-state index contributed by atoms with van der Waals surface area (Å²) in [4.78, 5) is 37.8. The van der Waals surface area contributed by atoms with Gasteiger partial charge < -0.3 is 71.4 Å². The van der Waals surface area contributed by atoms with Crippen LogP contribution in [0.5, 0.6) is 0 Å². The number of epoxide rings is 3. The summed E-state index contributed by atoms with van der Waals surface area (Å²) in [5.41, 5.74) is -0.531. The van der Waals surface area contributed by atoms with Gasteiger partial charge in [0.1, 0.15) is 74.8 Å². The summed E-state index contributed by atoms with van der Waals surface area (Å²) in [5.74, 6) is -1.73. The first-order valence-corrected chi connectivity index (χ1v) is 20.8. The van der Waals surface area contributed by atoms with Gasteiger partial charge >= 0.3 is 17.9 Å². The van der Waals surface area contributed by atoms with Crippen LogP contribution in [0.1, 0.15) is 39.0 Å². The van der Waals surface area contributed by atoms with Gasteiger partial charge in [-0.2, -0.15) is 0 Å². The molecule has 1 N–H and O–H groups in total. The van der Waals surface area contributed by atoms with E-state index < -0.39 is 11.5 Å². The van der Waals surface area contributed by atoms with Crippen molar-refractivity contribution in [1.29, 1.82) is 0 Å². The Morgan fingerprint density at radius 3 is 1.28 bits per heavy atom. The molecule has 0 radical (unpaired) electrons. The molecule has 9 heterocycles. The number of hydrogen-bond donors (Lipinski definition) is 1. The summed E-state index contributed by atoms with van der Waals surface area (Å²) in [7, 11) is 0. The summed E-state index contributed by atoms with van der Waals surface area (Å²) in [6.07, 6.45) is 2.35. The van der Waals surface area contributed by atoms with Crippen LogP contribution in [-0.2, 0) is 80.7 Å². The molecule has 0 spiro atoms. The van der Waals surface area contributed by atoms with E-state index in [1.54, 1.807) is 0 Å². The maximum Gasteiger partial charge on any atom is 0.311 e. The lowest BCUT2D eigenvalue weighted by atomic mass is 9.81. The van der Waals surface area contributed by atoms with Crippen LogP contribution in [0.15, 0.2) is 0 Å². The van der Waals surface area contributed by atoms with Crippen molar-refractivity contribution < 1.29 is 85.8 Å². The molecule has 0 aromatic carbocycles. The van der Waals surface area contributed by atoms with E-state index in [2.05, 4.69) is 0 Å². The molecular weight excluding hydrogens is 756 g/mol. The maximum atomic E-state index is 12.7. The van der Waals surface area contributed by atoms with Gasteiger partial charge in [0.25, 0.3) is 0 Å². The summed E-state index contributed by atoms with van der Waals surface area (Å²) in [5, 5.41) is 10.3. The highest BCUT2D eigenvalue weighted by Crippen LogP contribution is 2.53. The minimum atomic E-state index is -0.560. The van der Waals surface area contributed by atoms with Gasteiger partial charge in [-0.3, -0.25) is 14.4 Å². The highest BCUT2D eigenvalue weighted by atomic mass is 16.7. The van der Waals surface area contributed by atoms with Crippen molar-refractivity contribution in [2.75, 3.05) is 85.9 Å². The smallest absolute Gasteiger partial charge is 0.311 e. The molecule has 9 fully saturated rings. The van der Waals surface area contributed by atoms with Crippen LogP contribution in [0, 0.1) is 23.2 Å². The fraction of sp³-hybridized carbons (Fsp3) is 0.923. The average molecular weight is 813 g/mol. The third-order valence-electron chi connectivity index (χ3n) is 13.1. The molecule has 0 aliphatic carbocycles. The molecule has 0 aromatic rings. The predicted octanol–water partition coefficient (Wildman–Crippen LogP) is -0.489. The maximum absolute atomic E-state index is 12.7. The molecule has 0 aromatic heterocycles. The number of rotatable bonds is 27. The molecule has 320 valence electrons. The first kappa shape index (κ1) is 40.3. The molecule has 16 atom stereocenters. The first-order valence-electron chi connectivity index (χ1n) is 20.8. The van der Waals surface area contributed by atoms with Crippen LogP contribution in [0.25, 0.3) is 0 Å². The van der Waals surface area contributed by atoms with Crippen molar-refractivity contribution in [3.05, 3.63) is 0 Å². The topological polar surface area (TPSA) is 211 Å². The van der Waals surface area contributed by atoms with Crippen LogP contribution < -0.4 is 0 Å². The quantitative estimate of drug-likeness (QED) is 0.0480. The lowest BCUT2D eigenvalue weighted by Gasteiger charge is -2.35. The number of carbonyl (C=O) groups excluding carboxylic acids is 3. The molecule has 9 aliphatic rings. The van der Waals surface area contributed by atoms with Crippen molar-refractivity contribution in [1.82, 2.24) is 0 Å². The Hall–Kier alpha value is -2.07. The fourth-order valence-corrected chi connectivity index (χ4v) is 9.82. The van der Waals surface area contributed by atoms with E-state index in [-0.39, 0.29) is 155 Å². The minimum absolute atomic E-state index is 0.00946. The lowest BCUT2D eigenvalue weighted by Crippen LogP contribution is -2.39. The summed E-state index contributed by atoms with van der Waals surface area (Å²) in [6.45, 7) is 4.48. The Bertz CT molecular complexity index is 1360. The Balaban J connectivity index is 0.669. The number of esters is 3. The van der Waals surface area contributed by atoms with Gasteiger partial charge in [-0.05, 0) is 32.1 Å². The highest BCUT2D eigenvalue weighted by molar-refractivity contribution is 5.75. The van der Waals surface area contributed by atoms with E-state index in [0.29, 0.717) is 71.7 Å². The van der Waals surface area contributed by atoms with Crippen LogP contribution >= 0.6 is 0 Å². The Labute approximate surface area is 330 Å². The minimum Gasteiger partial charge on any atom is -0.463 e. The molecule has 18 nitrogen and oxygen atoms in total. The zero-order chi connectivity index (χ0) is 39.1. The standard InChI is InChI=1S/C39H56O18/c1-2-39(16-20(17-40)48-11-12-51-38(43)23-15-26-32-35(57-32)29(23)54-26,18-46-5-3-44-7-9-49-36(41)21-13-24-30-33(55-30)27(21)52-24)19-47-6-4-45-8-10-50-37(42)22-14-25-31-34(56-31)28(22)53-25/h20-35,40H,2-19H2,1H3. The van der Waals surface area contributed by atoms with E-state index in [1.165, 1.54) is 0 Å². The zero-order valence-corrected chi connectivity index (χ0v) is 32.4. The van der Waals surface area contributed by atoms with Crippen LogP contribution in [-0.4, -0.2) is 188 Å². The molecule has 0 saturated carbocycles. The number of ether oxygens (including phenoxy) is 14. The molecule has 9 rings (SSSR count). The van der Waals surface area contributed by atoms with Gasteiger partial charge in [0.15, 0.2) is 0 Å². The molecule has 9 saturated heterocycles. The van der Waals surface area contributed by atoms with Crippen LogP contribution in [0.3, 0.4) is 0 Å². The largest absolute Gasteiger partial charge is 0.463 e. The molecule has 9 aliphatic heterocycles. The number of hydrogen-bond acceptors (Lipinski definition) is 18. The molecular formula is C39H56O18. The molecule has 18 heteroatoms. The van der Waals surface area contributed by atoms with Gasteiger partial charge in [-0.1, -0.05) is 6.92 Å². The van der Waals surface area contributed by atoms with Crippen LogP contribution in [0.2, 0.25) is 0 Å². The highest BCUT2D eigenvalue weighted by Gasteiger charge is 2.68. The normalized spacial score (nSPS) is 40.6. The van der Waals surface area contributed by atoms with E-state index in [0.717, 1.165) is 0 Å². The fourth-order valence-electron chi connectivity index (χ4n) is 9.82. The van der Waals surface area contributed by atoms with Crippen LogP contribution in [0.4, 0.5) is 0 Å². The second-order valence-corrected chi connectivity index (χ2v) is 16.7. The molecule has 0 amide bonds.